The van der Waals surface area contributed by atoms with Crippen LogP contribution >= 0.6 is 0 Å². The fourth-order valence-corrected chi connectivity index (χ4v) is 7.08. The molecule has 0 aromatic carbocycles. The second-order valence-electron chi connectivity index (χ2n) is 11.3. The quantitative estimate of drug-likeness (QED) is 0.278. The highest BCUT2D eigenvalue weighted by Crippen LogP contribution is 2.59. The smallest absolute Gasteiger partial charge is 0.342 e. The van der Waals surface area contributed by atoms with Crippen molar-refractivity contribution < 1.29 is 57.2 Å². The normalized spacial score (nSPS) is 23.2. The van der Waals surface area contributed by atoms with Gasteiger partial charge in [-0.3, -0.25) is 9.79 Å². The van der Waals surface area contributed by atoms with Gasteiger partial charge < -0.3 is 33.3 Å². The Morgan fingerprint density at radius 3 is 1.48 bits per heavy atom. The SMILES string of the molecule is COC(=O)C1=C(C(=O)OC)C2(C(=O)OC)C(C(=O)OC)=C(C(=O)OC)C(C(=O)OC)=C2N(C2CCCCC2)C1=NC1CCCCC1. The molecule has 2 fully saturated rings. The van der Waals surface area contributed by atoms with Crippen LogP contribution in [0.1, 0.15) is 64.2 Å². The van der Waals surface area contributed by atoms with Gasteiger partial charge in [0.15, 0.2) is 5.41 Å². The molecule has 0 aromatic rings. The molecule has 0 aromatic heterocycles. The van der Waals surface area contributed by atoms with E-state index in [-0.39, 0.29) is 17.6 Å². The van der Waals surface area contributed by atoms with Crippen LogP contribution in [0.3, 0.4) is 0 Å². The first-order chi connectivity index (χ1) is 22.1. The highest BCUT2D eigenvalue weighted by atomic mass is 16.5. The van der Waals surface area contributed by atoms with Gasteiger partial charge in [-0.2, -0.15) is 0 Å². The summed E-state index contributed by atoms with van der Waals surface area (Å²) in [4.78, 5) is 90.3. The molecule has 0 bridgehead atoms. The van der Waals surface area contributed by atoms with Crippen molar-refractivity contribution in [2.45, 2.75) is 76.3 Å². The molecule has 0 amide bonds. The number of aliphatic imine (C=N–C) groups is 1. The van der Waals surface area contributed by atoms with Crippen LogP contribution in [0.15, 0.2) is 38.6 Å². The van der Waals surface area contributed by atoms with Gasteiger partial charge in [0.2, 0.25) is 0 Å². The summed E-state index contributed by atoms with van der Waals surface area (Å²) in [6.07, 6.45) is 7.50. The molecule has 4 aliphatic rings. The van der Waals surface area contributed by atoms with E-state index in [9.17, 15) is 28.8 Å². The molecule has 0 spiro atoms. The maximum atomic E-state index is 14.5. The van der Waals surface area contributed by atoms with E-state index in [1.54, 1.807) is 0 Å². The predicted molar refractivity (Wildman–Crippen MR) is 159 cm³/mol. The Morgan fingerprint density at radius 2 is 1.00 bits per heavy atom. The van der Waals surface area contributed by atoms with Crippen LogP contribution in [0, 0.1) is 5.41 Å². The van der Waals surface area contributed by atoms with E-state index in [2.05, 4.69) is 0 Å². The molecular weight excluding hydrogens is 604 g/mol. The molecule has 14 nitrogen and oxygen atoms in total. The van der Waals surface area contributed by atoms with Gasteiger partial charge in [0, 0.05) is 6.04 Å². The molecule has 1 unspecified atom stereocenters. The first-order valence-corrected chi connectivity index (χ1v) is 15.2. The number of esters is 6. The molecule has 1 atom stereocenters. The Kier molecular flexibility index (Phi) is 10.7. The molecule has 0 N–H and O–H groups in total. The van der Waals surface area contributed by atoms with Crippen molar-refractivity contribution >= 4 is 41.7 Å². The summed E-state index contributed by atoms with van der Waals surface area (Å²) in [5, 5.41) is 0. The van der Waals surface area contributed by atoms with E-state index in [0.29, 0.717) is 25.7 Å². The molecule has 2 saturated carbocycles. The highest BCUT2D eigenvalue weighted by molar-refractivity contribution is 6.31. The third-order valence-electron chi connectivity index (χ3n) is 9.04. The number of hydrogen-bond donors (Lipinski definition) is 0. The maximum absolute atomic E-state index is 14.5. The lowest BCUT2D eigenvalue weighted by molar-refractivity contribution is -0.153. The number of rotatable bonds is 8. The van der Waals surface area contributed by atoms with Gasteiger partial charge in [0.1, 0.15) is 11.4 Å². The number of nitrogens with zero attached hydrogens (tertiary/aromatic N) is 2. The van der Waals surface area contributed by atoms with E-state index in [0.717, 1.165) is 81.2 Å². The number of carbonyl (C=O) groups is 6. The van der Waals surface area contributed by atoms with Gasteiger partial charge in [-0.25, -0.2) is 24.0 Å². The monoisotopic (exact) mass is 644 g/mol. The molecule has 3 aliphatic carbocycles. The molecule has 46 heavy (non-hydrogen) atoms. The lowest BCUT2D eigenvalue weighted by Crippen LogP contribution is -2.57. The van der Waals surface area contributed by atoms with Gasteiger partial charge in [-0.05, 0) is 25.7 Å². The Morgan fingerprint density at radius 1 is 0.565 bits per heavy atom. The van der Waals surface area contributed by atoms with Crippen molar-refractivity contribution in [1.29, 1.82) is 0 Å². The summed E-state index contributed by atoms with van der Waals surface area (Å²) in [6.45, 7) is 0. The van der Waals surface area contributed by atoms with Crippen molar-refractivity contribution in [3.63, 3.8) is 0 Å². The molecule has 0 radical (unpaired) electrons. The van der Waals surface area contributed by atoms with Gasteiger partial charge in [0.05, 0.1) is 76.7 Å². The zero-order valence-corrected chi connectivity index (χ0v) is 27.0. The molecule has 14 heteroatoms. The molecule has 1 aliphatic heterocycles. The second kappa shape index (κ2) is 14.3. The number of fused-ring (bicyclic) bond motifs is 1. The van der Waals surface area contributed by atoms with E-state index >= 15 is 0 Å². The van der Waals surface area contributed by atoms with E-state index in [1.807, 2.05) is 0 Å². The van der Waals surface area contributed by atoms with Crippen molar-refractivity contribution in [2.75, 3.05) is 42.7 Å². The molecular formula is C32H40N2O12. The summed E-state index contributed by atoms with van der Waals surface area (Å²) in [5.41, 5.74) is -6.22. The molecule has 4 rings (SSSR count). The Labute approximate surface area is 266 Å². The van der Waals surface area contributed by atoms with Crippen LogP contribution < -0.4 is 0 Å². The van der Waals surface area contributed by atoms with Crippen LogP contribution in [0.25, 0.3) is 0 Å². The zero-order chi connectivity index (χ0) is 33.8. The minimum atomic E-state index is -2.74. The summed E-state index contributed by atoms with van der Waals surface area (Å²) < 4.78 is 30.8. The number of methoxy groups -OCH3 is 6. The predicted octanol–water partition coefficient (Wildman–Crippen LogP) is 2.25. The molecule has 1 heterocycles. The average molecular weight is 645 g/mol. The first-order valence-electron chi connectivity index (χ1n) is 15.2. The number of hydrogen-bond acceptors (Lipinski definition) is 13. The van der Waals surface area contributed by atoms with Crippen LogP contribution in [-0.2, 0) is 57.2 Å². The highest BCUT2D eigenvalue weighted by Gasteiger charge is 2.69. The van der Waals surface area contributed by atoms with Gasteiger partial charge in [-0.1, -0.05) is 38.5 Å². The number of ether oxygens (including phenoxy) is 6. The first kappa shape index (κ1) is 34.4. The number of amidine groups is 1. The van der Waals surface area contributed by atoms with Crippen molar-refractivity contribution in [2.24, 2.45) is 10.4 Å². The van der Waals surface area contributed by atoms with Gasteiger partial charge >= 0.3 is 35.8 Å². The van der Waals surface area contributed by atoms with E-state index in [1.165, 1.54) is 4.90 Å². The number of carbonyl (C=O) groups excluding carboxylic acids is 6. The largest absolute Gasteiger partial charge is 0.468 e. The second-order valence-corrected chi connectivity index (χ2v) is 11.3. The van der Waals surface area contributed by atoms with Crippen LogP contribution in [0.5, 0.6) is 0 Å². The molecule has 250 valence electrons. The van der Waals surface area contributed by atoms with E-state index < -0.39 is 75.1 Å². The van der Waals surface area contributed by atoms with Gasteiger partial charge in [-0.15, -0.1) is 0 Å². The summed E-state index contributed by atoms with van der Waals surface area (Å²) in [6, 6.07) is -0.805. The fraction of sp³-hybridized carbons (Fsp3) is 0.594. The van der Waals surface area contributed by atoms with Crippen molar-refractivity contribution in [3.8, 4) is 0 Å². The zero-order valence-electron chi connectivity index (χ0n) is 27.0. The standard InChI is InChI=1S/C32H40N2O12/c1-41-26(35)19-20(27(36)42-2)24-32(31(40)46-6,22(19)29(38)44-4)23(30(39)45-5)21(28(37)43-3)25(33-17-13-9-7-10-14-17)34(24)18-15-11-8-12-16-18/h17-18H,7-16H2,1-6H3. The third-order valence-corrected chi connectivity index (χ3v) is 9.04. The lowest BCUT2D eigenvalue weighted by Gasteiger charge is -2.48. The van der Waals surface area contributed by atoms with Crippen LogP contribution in [0.4, 0.5) is 0 Å². The molecule has 0 saturated heterocycles. The Bertz CT molecular complexity index is 1440. The van der Waals surface area contributed by atoms with Gasteiger partial charge in [0.25, 0.3) is 0 Å². The Hall–Kier alpha value is -4.49. The summed E-state index contributed by atoms with van der Waals surface area (Å²) in [5.74, 6) is -7.22. The van der Waals surface area contributed by atoms with Crippen LogP contribution in [0.2, 0.25) is 0 Å². The van der Waals surface area contributed by atoms with E-state index in [4.69, 9.17) is 33.4 Å². The lowest BCUT2D eigenvalue weighted by atomic mass is 9.67. The minimum absolute atomic E-state index is 0.0442. The minimum Gasteiger partial charge on any atom is -0.468 e. The van der Waals surface area contributed by atoms with Crippen LogP contribution in [-0.4, -0.2) is 101 Å². The third kappa shape index (κ3) is 5.47. The van der Waals surface area contributed by atoms with Crippen molar-refractivity contribution in [3.05, 3.63) is 33.6 Å². The maximum Gasteiger partial charge on any atom is 0.342 e. The fourth-order valence-electron chi connectivity index (χ4n) is 7.08. The Balaban J connectivity index is 2.38. The van der Waals surface area contributed by atoms with Crippen molar-refractivity contribution in [1.82, 2.24) is 4.90 Å². The topological polar surface area (TPSA) is 173 Å². The summed E-state index contributed by atoms with van der Waals surface area (Å²) >= 11 is 0. The summed E-state index contributed by atoms with van der Waals surface area (Å²) in [7, 11) is 6.18. The average Bonchev–Trinajstić information content (AvgIpc) is 3.42.